The van der Waals surface area contributed by atoms with E-state index >= 15 is 0 Å². The van der Waals surface area contributed by atoms with E-state index in [1.807, 2.05) is 0 Å². The smallest absolute Gasteiger partial charge is 0.262 e. The second-order valence-electron chi connectivity index (χ2n) is 3.98. The number of pyridine rings is 1. The zero-order chi connectivity index (χ0) is 14.0. The summed E-state index contributed by atoms with van der Waals surface area (Å²) in [6.45, 7) is 1.80. The van der Waals surface area contributed by atoms with Crippen LogP contribution in [0.5, 0.6) is 0 Å². The molecule has 1 heterocycles. The quantitative estimate of drug-likeness (QED) is 0.852. The van der Waals surface area contributed by atoms with Gasteiger partial charge in [-0.3, -0.25) is 9.71 Å². The maximum absolute atomic E-state index is 12.2. The molecule has 5 nitrogen and oxygen atoms in total. The number of aromatic nitrogens is 1. The minimum atomic E-state index is -3.73. The van der Waals surface area contributed by atoms with E-state index in [2.05, 4.69) is 9.71 Å². The third kappa shape index (κ3) is 2.97. The van der Waals surface area contributed by atoms with Crippen LogP contribution in [-0.2, 0) is 10.0 Å². The maximum atomic E-state index is 12.2. The van der Waals surface area contributed by atoms with Crippen molar-refractivity contribution in [3.63, 3.8) is 0 Å². The van der Waals surface area contributed by atoms with Crippen molar-refractivity contribution in [2.45, 2.75) is 11.8 Å². The molecule has 0 amide bonds. The third-order valence-corrected chi connectivity index (χ3v) is 4.27. The summed E-state index contributed by atoms with van der Waals surface area (Å²) < 4.78 is 26.7. The van der Waals surface area contributed by atoms with Gasteiger partial charge in [-0.05, 0) is 30.7 Å². The predicted molar refractivity (Wildman–Crippen MR) is 75.6 cm³/mol. The molecule has 0 saturated heterocycles. The van der Waals surface area contributed by atoms with Crippen molar-refractivity contribution in [2.24, 2.45) is 0 Å². The molecule has 7 heteroatoms. The van der Waals surface area contributed by atoms with Crippen LogP contribution in [-0.4, -0.2) is 13.4 Å². The van der Waals surface area contributed by atoms with Crippen molar-refractivity contribution >= 4 is 33.0 Å². The largest absolute Gasteiger partial charge is 0.398 e. The Morgan fingerprint density at radius 2 is 2.05 bits per heavy atom. The summed E-state index contributed by atoms with van der Waals surface area (Å²) in [5.41, 5.74) is 7.17. The fourth-order valence-corrected chi connectivity index (χ4v) is 2.75. The van der Waals surface area contributed by atoms with Crippen LogP contribution in [0.1, 0.15) is 5.56 Å². The van der Waals surface area contributed by atoms with E-state index in [1.54, 1.807) is 13.0 Å². The molecule has 0 aliphatic heterocycles. The topological polar surface area (TPSA) is 85.1 Å². The van der Waals surface area contributed by atoms with Crippen LogP contribution in [0.15, 0.2) is 41.6 Å². The Labute approximate surface area is 116 Å². The Morgan fingerprint density at radius 1 is 1.32 bits per heavy atom. The third-order valence-electron chi connectivity index (χ3n) is 2.57. The Hall–Kier alpha value is -1.79. The van der Waals surface area contributed by atoms with Crippen molar-refractivity contribution in [1.29, 1.82) is 0 Å². The minimum Gasteiger partial charge on any atom is -0.398 e. The van der Waals surface area contributed by atoms with Crippen LogP contribution >= 0.6 is 11.6 Å². The van der Waals surface area contributed by atoms with Gasteiger partial charge in [-0.2, -0.15) is 0 Å². The lowest BCUT2D eigenvalue weighted by molar-refractivity contribution is 0.601. The molecule has 0 aliphatic carbocycles. The number of hydrogen-bond donors (Lipinski definition) is 2. The number of sulfonamides is 1. The molecule has 0 aliphatic rings. The number of benzene rings is 1. The number of nitrogen functional groups attached to an aromatic ring is 1. The van der Waals surface area contributed by atoms with E-state index in [0.29, 0.717) is 5.69 Å². The van der Waals surface area contributed by atoms with Gasteiger partial charge in [0.2, 0.25) is 0 Å². The van der Waals surface area contributed by atoms with Crippen LogP contribution in [0.2, 0.25) is 5.02 Å². The summed E-state index contributed by atoms with van der Waals surface area (Å²) in [5, 5.41) is 0.277. The van der Waals surface area contributed by atoms with Gasteiger partial charge in [0.15, 0.2) is 0 Å². The van der Waals surface area contributed by atoms with Crippen molar-refractivity contribution in [1.82, 2.24) is 4.98 Å². The van der Waals surface area contributed by atoms with Crippen LogP contribution in [0.25, 0.3) is 0 Å². The summed E-state index contributed by atoms with van der Waals surface area (Å²) in [6, 6.07) is 6.04. The second-order valence-corrected chi connectivity index (χ2v) is 6.07. The SMILES string of the molecule is Cc1ccc(S(=O)(=O)Nc2cnccc2Cl)cc1N. The van der Waals surface area contributed by atoms with Gasteiger partial charge in [0.25, 0.3) is 10.0 Å². The van der Waals surface area contributed by atoms with Crippen LogP contribution in [0.3, 0.4) is 0 Å². The van der Waals surface area contributed by atoms with E-state index in [-0.39, 0.29) is 15.6 Å². The number of aryl methyl sites for hydroxylation is 1. The van der Waals surface area contributed by atoms with E-state index in [9.17, 15) is 8.42 Å². The first-order chi connectivity index (χ1) is 8.90. The molecular weight excluding hydrogens is 286 g/mol. The lowest BCUT2D eigenvalue weighted by Gasteiger charge is -2.10. The Bertz CT molecular complexity index is 717. The second kappa shape index (κ2) is 5.07. The van der Waals surface area contributed by atoms with Gasteiger partial charge in [0, 0.05) is 11.9 Å². The van der Waals surface area contributed by atoms with Crippen molar-refractivity contribution in [3.8, 4) is 0 Å². The molecule has 2 aromatic rings. The van der Waals surface area contributed by atoms with E-state index in [0.717, 1.165) is 5.56 Å². The average Bonchev–Trinajstić information content (AvgIpc) is 2.35. The highest BCUT2D eigenvalue weighted by atomic mass is 35.5. The highest BCUT2D eigenvalue weighted by Crippen LogP contribution is 2.24. The van der Waals surface area contributed by atoms with Crippen LogP contribution < -0.4 is 10.5 Å². The Balaban J connectivity index is 2.38. The van der Waals surface area contributed by atoms with Gasteiger partial charge in [-0.15, -0.1) is 0 Å². The summed E-state index contributed by atoms with van der Waals surface area (Å²) in [5.74, 6) is 0. The van der Waals surface area contributed by atoms with Gasteiger partial charge >= 0.3 is 0 Å². The molecule has 0 unspecified atom stereocenters. The van der Waals surface area contributed by atoms with E-state index in [1.165, 1.54) is 30.6 Å². The minimum absolute atomic E-state index is 0.0792. The Morgan fingerprint density at radius 3 is 2.68 bits per heavy atom. The van der Waals surface area contributed by atoms with Crippen LogP contribution in [0.4, 0.5) is 11.4 Å². The zero-order valence-electron chi connectivity index (χ0n) is 10.1. The molecule has 1 aromatic heterocycles. The molecule has 0 saturated carbocycles. The maximum Gasteiger partial charge on any atom is 0.262 e. The lowest BCUT2D eigenvalue weighted by atomic mass is 10.2. The summed E-state index contributed by atoms with van der Waals surface area (Å²) in [7, 11) is -3.73. The summed E-state index contributed by atoms with van der Waals surface area (Å²) in [6.07, 6.45) is 2.82. The molecule has 3 N–H and O–H groups in total. The molecule has 2 rings (SSSR count). The first-order valence-corrected chi connectivity index (χ1v) is 7.25. The number of hydrogen-bond acceptors (Lipinski definition) is 4. The first-order valence-electron chi connectivity index (χ1n) is 5.38. The molecule has 1 aromatic carbocycles. The highest BCUT2D eigenvalue weighted by molar-refractivity contribution is 7.92. The zero-order valence-corrected chi connectivity index (χ0v) is 11.7. The first kappa shape index (κ1) is 13.6. The highest BCUT2D eigenvalue weighted by Gasteiger charge is 2.16. The normalized spacial score (nSPS) is 11.3. The number of nitrogens with zero attached hydrogens (tertiary/aromatic N) is 1. The molecule has 100 valence electrons. The molecule has 0 bridgehead atoms. The number of rotatable bonds is 3. The monoisotopic (exact) mass is 297 g/mol. The average molecular weight is 298 g/mol. The van der Waals surface area contributed by atoms with Crippen molar-refractivity contribution in [3.05, 3.63) is 47.2 Å². The fraction of sp³-hybridized carbons (Fsp3) is 0.0833. The predicted octanol–water partition coefficient (Wildman–Crippen LogP) is 2.43. The van der Waals surface area contributed by atoms with Gasteiger partial charge in [-0.25, -0.2) is 8.42 Å². The van der Waals surface area contributed by atoms with E-state index in [4.69, 9.17) is 17.3 Å². The Kier molecular flexibility index (Phi) is 3.64. The number of nitrogens with two attached hydrogens (primary N) is 1. The number of halogens is 1. The van der Waals surface area contributed by atoms with Gasteiger partial charge in [0.1, 0.15) is 0 Å². The molecule has 0 atom stereocenters. The van der Waals surface area contributed by atoms with Gasteiger partial charge in [0.05, 0.1) is 21.8 Å². The van der Waals surface area contributed by atoms with Gasteiger partial charge in [-0.1, -0.05) is 17.7 Å². The molecule has 0 radical (unpaired) electrons. The molecular formula is C12H12ClN3O2S. The number of anilines is 2. The fourth-order valence-electron chi connectivity index (χ4n) is 1.44. The summed E-state index contributed by atoms with van der Waals surface area (Å²) in [4.78, 5) is 3.90. The van der Waals surface area contributed by atoms with Crippen LogP contribution in [0, 0.1) is 6.92 Å². The van der Waals surface area contributed by atoms with Gasteiger partial charge < -0.3 is 5.73 Å². The molecule has 0 fully saturated rings. The van der Waals surface area contributed by atoms with Crippen molar-refractivity contribution < 1.29 is 8.42 Å². The molecule has 0 spiro atoms. The summed E-state index contributed by atoms with van der Waals surface area (Å²) >= 11 is 5.88. The lowest BCUT2D eigenvalue weighted by Crippen LogP contribution is -2.13. The molecule has 19 heavy (non-hydrogen) atoms. The van der Waals surface area contributed by atoms with E-state index < -0.39 is 10.0 Å². The number of nitrogens with one attached hydrogen (secondary N) is 1. The standard InChI is InChI=1S/C12H12ClN3O2S/c1-8-2-3-9(6-11(8)14)19(17,18)16-12-7-15-5-4-10(12)13/h2-7,16H,14H2,1H3. The van der Waals surface area contributed by atoms with Crippen molar-refractivity contribution in [2.75, 3.05) is 10.5 Å².